The molecule has 7 heteroatoms. The van der Waals surface area contributed by atoms with Crippen molar-refractivity contribution in [1.29, 1.82) is 0 Å². The maximum atomic E-state index is 13.5. The molecule has 1 N–H and O–H groups in total. The standard InChI is InChI=1S/C28H37ClFN3O2/c1-19(2)13-27(34)31-15-24(23-7-9-25(29)10-8-23)14-28(35)33-17-20(3)32(16-21(33)4)18-22-5-11-26(30)12-6-22/h5-12,19-21,24H,13-18H2,1-4H3,(H,31,34). The Morgan fingerprint density at radius 1 is 1.00 bits per heavy atom. The van der Waals surface area contributed by atoms with E-state index in [0.29, 0.717) is 31.0 Å². The molecule has 3 unspecified atom stereocenters. The molecule has 35 heavy (non-hydrogen) atoms. The number of nitrogens with one attached hydrogen (secondary N) is 1. The van der Waals surface area contributed by atoms with Crippen LogP contribution in [0.3, 0.4) is 0 Å². The average Bonchev–Trinajstić information content (AvgIpc) is 2.80. The smallest absolute Gasteiger partial charge is 0.223 e. The summed E-state index contributed by atoms with van der Waals surface area (Å²) in [6.45, 7) is 10.7. The van der Waals surface area contributed by atoms with E-state index in [0.717, 1.165) is 24.2 Å². The molecule has 0 radical (unpaired) electrons. The van der Waals surface area contributed by atoms with E-state index >= 15 is 0 Å². The second kappa shape index (κ2) is 12.5. The molecule has 0 aromatic heterocycles. The number of hydrogen-bond acceptors (Lipinski definition) is 3. The summed E-state index contributed by atoms with van der Waals surface area (Å²) < 4.78 is 13.3. The minimum atomic E-state index is -0.235. The molecule has 0 saturated carbocycles. The summed E-state index contributed by atoms with van der Waals surface area (Å²) in [6.07, 6.45) is 0.782. The van der Waals surface area contributed by atoms with Crippen molar-refractivity contribution >= 4 is 23.4 Å². The third-order valence-corrected chi connectivity index (χ3v) is 6.89. The van der Waals surface area contributed by atoms with Crippen LogP contribution in [-0.4, -0.2) is 53.3 Å². The van der Waals surface area contributed by atoms with Gasteiger partial charge in [-0.1, -0.05) is 49.7 Å². The van der Waals surface area contributed by atoms with Crippen molar-refractivity contribution in [2.24, 2.45) is 5.92 Å². The highest BCUT2D eigenvalue weighted by molar-refractivity contribution is 6.30. The first-order valence-electron chi connectivity index (χ1n) is 12.4. The van der Waals surface area contributed by atoms with Crippen LogP contribution >= 0.6 is 11.6 Å². The molecule has 2 amide bonds. The largest absolute Gasteiger partial charge is 0.355 e. The molecule has 1 aliphatic heterocycles. The molecular weight excluding hydrogens is 465 g/mol. The summed E-state index contributed by atoms with van der Waals surface area (Å²) >= 11 is 6.08. The number of rotatable bonds is 9. The van der Waals surface area contributed by atoms with Crippen molar-refractivity contribution < 1.29 is 14.0 Å². The van der Waals surface area contributed by atoms with Gasteiger partial charge >= 0.3 is 0 Å². The molecule has 1 fully saturated rings. The lowest BCUT2D eigenvalue weighted by molar-refractivity contribution is -0.138. The van der Waals surface area contributed by atoms with E-state index in [9.17, 15) is 14.0 Å². The highest BCUT2D eigenvalue weighted by Gasteiger charge is 2.33. The lowest BCUT2D eigenvalue weighted by Crippen LogP contribution is -2.57. The minimum Gasteiger partial charge on any atom is -0.355 e. The zero-order valence-corrected chi connectivity index (χ0v) is 21.9. The summed E-state index contributed by atoms with van der Waals surface area (Å²) in [5.74, 6) is 0.00246. The van der Waals surface area contributed by atoms with E-state index in [4.69, 9.17) is 11.6 Å². The zero-order valence-electron chi connectivity index (χ0n) is 21.1. The number of amides is 2. The first kappa shape index (κ1) is 27.2. The van der Waals surface area contributed by atoms with Crippen molar-refractivity contribution in [3.63, 3.8) is 0 Å². The van der Waals surface area contributed by atoms with Crippen molar-refractivity contribution in [2.45, 2.75) is 65.1 Å². The third-order valence-electron chi connectivity index (χ3n) is 6.64. The van der Waals surface area contributed by atoms with Crippen LogP contribution < -0.4 is 5.32 Å². The molecule has 2 aromatic rings. The predicted octanol–water partition coefficient (Wildman–Crippen LogP) is 5.24. The molecule has 190 valence electrons. The molecule has 1 aliphatic rings. The second-order valence-electron chi connectivity index (χ2n) is 10.2. The van der Waals surface area contributed by atoms with Gasteiger partial charge in [0, 0.05) is 62.0 Å². The monoisotopic (exact) mass is 501 g/mol. The van der Waals surface area contributed by atoms with Gasteiger partial charge in [-0.3, -0.25) is 14.5 Å². The molecule has 0 aliphatic carbocycles. The Kier molecular flexibility index (Phi) is 9.70. The number of piperazine rings is 1. The number of halogens is 2. The topological polar surface area (TPSA) is 52.7 Å². The Morgan fingerprint density at radius 2 is 1.66 bits per heavy atom. The summed E-state index contributed by atoms with van der Waals surface area (Å²) in [6, 6.07) is 14.3. The van der Waals surface area contributed by atoms with E-state index in [1.807, 2.05) is 55.1 Å². The van der Waals surface area contributed by atoms with Crippen LogP contribution in [0.25, 0.3) is 0 Å². The average molecular weight is 502 g/mol. The Labute approximate surface area is 213 Å². The molecule has 3 rings (SSSR count). The van der Waals surface area contributed by atoms with Crippen molar-refractivity contribution in [3.8, 4) is 0 Å². The van der Waals surface area contributed by atoms with Gasteiger partial charge in [0.25, 0.3) is 0 Å². The molecule has 0 bridgehead atoms. The fraction of sp³-hybridized carbons (Fsp3) is 0.500. The molecule has 2 aromatic carbocycles. The van der Waals surface area contributed by atoms with Crippen LogP contribution in [0.4, 0.5) is 4.39 Å². The van der Waals surface area contributed by atoms with Crippen LogP contribution in [0.1, 0.15) is 57.6 Å². The fourth-order valence-electron chi connectivity index (χ4n) is 4.64. The SMILES string of the molecule is CC(C)CC(=O)NCC(CC(=O)N1CC(C)N(Cc2ccc(F)cc2)CC1C)c1ccc(Cl)cc1. The zero-order chi connectivity index (χ0) is 25.5. The van der Waals surface area contributed by atoms with E-state index < -0.39 is 0 Å². The highest BCUT2D eigenvalue weighted by atomic mass is 35.5. The van der Waals surface area contributed by atoms with Crippen LogP contribution in [0, 0.1) is 11.7 Å². The van der Waals surface area contributed by atoms with Gasteiger partial charge in [-0.15, -0.1) is 0 Å². The second-order valence-corrected chi connectivity index (χ2v) is 10.6. The first-order valence-corrected chi connectivity index (χ1v) is 12.8. The van der Waals surface area contributed by atoms with Gasteiger partial charge in [-0.25, -0.2) is 4.39 Å². The fourth-order valence-corrected chi connectivity index (χ4v) is 4.77. The van der Waals surface area contributed by atoms with E-state index in [1.165, 1.54) is 12.1 Å². The Hall–Kier alpha value is -2.44. The minimum absolute atomic E-state index is 0.00260. The number of carbonyl (C=O) groups excluding carboxylic acids is 2. The number of nitrogens with zero attached hydrogens (tertiary/aromatic N) is 2. The quantitative estimate of drug-likeness (QED) is 0.511. The number of carbonyl (C=O) groups is 2. The third kappa shape index (κ3) is 8.04. The van der Waals surface area contributed by atoms with Crippen molar-refractivity contribution in [2.75, 3.05) is 19.6 Å². The van der Waals surface area contributed by atoms with Crippen molar-refractivity contribution in [1.82, 2.24) is 15.1 Å². The van der Waals surface area contributed by atoms with Gasteiger partial charge in [0.1, 0.15) is 5.82 Å². The number of benzene rings is 2. The van der Waals surface area contributed by atoms with Gasteiger partial charge in [-0.2, -0.15) is 0 Å². The molecule has 3 atom stereocenters. The summed E-state index contributed by atoms with van der Waals surface area (Å²) in [5.41, 5.74) is 2.05. The van der Waals surface area contributed by atoms with Crippen molar-refractivity contribution in [3.05, 3.63) is 70.5 Å². The van der Waals surface area contributed by atoms with Crippen LogP contribution in [-0.2, 0) is 16.1 Å². The lowest BCUT2D eigenvalue weighted by Gasteiger charge is -2.44. The molecule has 1 heterocycles. The maximum Gasteiger partial charge on any atom is 0.223 e. The maximum absolute atomic E-state index is 13.5. The first-order chi connectivity index (χ1) is 16.6. The molecule has 1 saturated heterocycles. The van der Waals surface area contributed by atoms with Crippen LogP contribution in [0.15, 0.2) is 48.5 Å². The van der Waals surface area contributed by atoms with Gasteiger partial charge in [-0.05, 0) is 55.2 Å². The summed E-state index contributed by atoms with van der Waals surface area (Å²) in [4.78, 5) is 30.0. The van der Waals surface area contributed by atoms with Crippen LogP contribution in [0.5, 0.6) is 0 Å². The highest BCUT2D eigenvalue weighted by Crippen LogP contribution is 2.25. The van der Waals surface area contributed by atoms with Crippen LogP contribution in [0.2, 0.25) is 5.02 Å². The van der Waals surface area contributed by atoms with Gasteiger partial charge in [0.2, 0.25) is 11.8 Å². The lowest BCUT2D eigenvalue weighted by atomic mass is 9.94. The van der Waals surface area contributed by atoms with E-state index in [2.05, 4.69) is 24.1 Å². The Morgan fingerprint density at radius 3 is 2.29 bits per heavy atom. The molecular formula is C28H37ClFN3O2. The summed E-state index contributed by atoms with van der Waals surface area (Å²) in [7, 11) is 0. The van der Waals surface area contributed by atoms with Gasteiger partial charge in [0.15, 0.2) is 0 Å². The predicted molar refractivity (Wildman–Crippen MR) is 139 cm³/mol. The Bertz CT molecular complexity index is 981. The molecule has 5 nitrogen and oxygen atoms in total. The van der Waals surface area contributed by atoms with Gasteiger partial charge < -0.3 is 10.2 Å². The molecule has 0 spiro atoms. The van der Waals surface area contributed by atoms with E-state index in [-0.39, 0.29) is 41.6 Å². The normalized spacial score (nSPS) is 19.6. The summed E-state index contributed by atoms with van der Waals surface area (Å²) in [5, 5.41) is 3.66. The van der Waals surface area contributed by atoms with E-state index in [1.54, 1.807) is 0 Å². The Balaban J connectivity index is 1.65. The van der Waals surface area contributed by atoms with Gasteiger partial charge in [0.05, 0.1) is 0 Å². The number of hydrogen-bond donors (Lipinski definition) is 1.